The summed E-state index contributed by atoms with van der Waals surface area (Å²) in [6, 6.07) is 14.1. The number of ether oxygens (including phenoxy) is 2. The number of hydrogen-bond acceptors (Lipinski definition) is 3. The zero-order valence-electron chi connectivity index (χ0n) is 12.6. The summed E-state index contributed by atoms with van der Waals surface area (Å²) in [6.07, 6.45) is 0. The van der Waals surface area contributed by atoms with Crippen LogP contribution in [0.1, 0.15) is 10.4 Å². The first-order valence-electron chi connectivity index (χ1n) is 6.96. The Hall–Kier alpha value is -2.64. The second-order valence-electron chi connectivity index (χ2n) is 4.49. The molecule has 0 heterocycles. The van der Waals surface area contributed by atoms with Gasteiger partial charge in [-0.2, -0.15) is 0 Å². The molecule has 23 heavy (non-hydrogen) atoms. The number of rotatable bonds is 5. The lowest BCUT2D eigenvalue weighted by atomic mass is 10.2. The lowest BCUT2D eigenvalue weighted by Crippen LogP contribution is -2.23. The van der Waals surface area contributed by atoms with Gasteiger partial charge in [-0.15, -0.1) is 0 Å². The van der Waals surface area contributed by atoms with Crippen LogP contribution in [0.5, 0.6) is 11.5 Å². The Labute approximate surface area is 140 Å². The minimum absolute atomic E-state index is 0.203. The molecular formula is C18H16ClNO3. The third-order valence-electron chi connectivity index (χ3n) is 2.93. The number of benzene rings is 2. The maximum atomic E-state index is 11.9. The number of hydrogen-bond donors (Lipinski definition) is 1. The molecule has 0 aliphatic carbocycles. The van der Waals surface area contributed by atoms with Gasteiger partial charge in [0.15, 0.2) is 0 Å². The van der Waals surface area contributed by atoms with E-state index in [9.17, 15) is 4.79 Å². The number of carbonyl (C=O) groups excluding carboxylic acids is 1. The van der Waals surface area contributed by atoms with Gasteiger partial charge in [-0.05, 0) is 30.3 Å². The van der Waals surface area contributed by atoms with Crippen LogP contribution in [0, 0.1) is 11.8 Å². The number of amides is 1. The van der Waals surface area contributed by atoms with E-state index in [1.807, 2.05) is 12.1 Å². The van der Waals surface area contributed by atoms with Crippen LogP contribution in [0.15, 0.2) is 48.5 Å². The summed E-state index contributed by atoms with van der Waals surface area (Å²) in [5.41, 5.74) is 0.526. The molecule has 0 saturated carbocycles. The highest BCUT2D eigenvalue weighted by atomic mass is 35.5. The summed E-state index contributed by atoms with van der Waals surface area (Å²) in [4.78, 5) is 11.9. The molecule has 0 bridgehead atoms. The molecule has 0 saturated heterocycles. The second-order valence-corrected chi connectivity index (χ2v) is 4.89. The van der Waals surface area contributed by atoms with Crippen LogP contribution in [-0.4, -0.2) is 26.2 Å². The van der Waals surface area contributed by atoms with E-state index >= 15 is 0 Å². The Morgan fingerprint density at radius 3 is 2.78 bits per heavy atom. The predicted octanol–water partition coefficient (Wildman–Crippen LogP) is 3.16. The van der Waals surface area contributed by atoms with Gasteiger partial charge in [0, 0.05) is 5.56 Å². The number of carbonyl (C=O) groups is 1. The fourth-order valence-corrected chi connectivity index (χ4v) is 1.97. The molecule has 0 atom stereocenters. The van der Waals surface area contributed by atoms with E-state index in [1.54, 1.807) is 43.5 Å². The average Bonchev–Trinajstić information content (AvgIpc) is 2.59. The van der Waals surface area contributed by atoms with E-state index < -0.39 is 0 Å². The molecule has 0 aliphatic rings. The molecule has 0 unspecified atom stereocenters. The fourth-order valence-electron chi connectivity index (χ4n) is 1.78. The Kier molecular flexibility index (Phi) is 6.34. The van der Waals surface area contributed by atoms with E-state index in [2.05, 4.69) is 17.2 Å². The Balaban J connectivity index is 1.77. The summed E-state index contributed by atoms with van der Waals surface area (Å²) < 4.78 is 10.5. The summed E-state index contributed by atoms with van der Waals surface area (Å²) in [6.45, 7) is 0.445. The zero-order valence-corrected chi connectivity index (χ0v) is 13.4. The predicted molar refractivity (Wildman–Crippen MR) is 90.1 cm³/mol. The van der Waals surface area contributed by atoms with Crippen LogP contribution in [0.4, 0.5) is 0 Å². The van der Waals surface area contributed by atoms with Crippen LogP contribution in [0.2, 0.25) is 5.02 Å². The van der Waals surface area contributed by atoms with E-state index in [1.165, 1.54) is 0 Å². The van der Waals surface area contributed by atoms with Gasteiger partial charge >= 0.3 is 0 Å². The van der Waals surface area contributed by atoms with Crippen molar-refractivity contribution in [3.8, 4) is 23.3 Å². The standard InChI is InChI=1S/C18H16ClNO3/c1-22-15-8-6-7-14(13-15)18(21)20-11-4-5-12-23-17-10-3-2-9-16(17)19/h2-3,6-10,13H,11-12H2,1H3,(H,20,21). The molecular weight excluding hydrogens is 314 g/mol. The third kappa shape index (κ3) is 5.24. The van der Waals surface area contributed by atoms with Gasteiger partial charge in [0.2, 0.25) is 0 Å². The molecule has 2 aromatic carbocycles. The Morgan fingerprint density at radius 2 is 2.00 bits per heavy atom. The lowest BCUT2D eigenvalue weighted by molar-refractivity contribution is 0.0958. The van der Waals surface area contributed by atoms with Crippen molar-refractivity contribution >= 4 is 17.5 Å². The summed E-state index contributed by atoms with van der Waals surface area (Å²) in [5.74, 6) is 6.66. The number of methoxy groups -OCH3 is 1. The highest BCUT2D eigenvalue weighted by Crippen LogP contribution is 2.22. The fraction of sp³-hybridized carbons (Fsp3) is 0.167. The molecule has 4 nitrogen and oxygen atoms in total. The second kappa shape index (κ2) is 8.72. The van der Waals surface area contributed by atoms with Crippen molar-refractivity contribution in [2.24, 2.45) is 0 Å². The van der Waals surface area contributed by atoms with Crippen molar-refractivity contribution in [2.75, 3.05) is 20.3 Å². The molecule has 0 fully saturated rings. The normalized spacial score (nSPS) is 9.48. The van der Waals surface area contributed by atoms with E-state index in [0.717, 1.165) is 0 Å². The van der Waals surface area contributed by atoms with Crippen molar-refractivity contribution in [3.63, 3.8) is 0 Å². The van der Waals surface area contributed by atoms with E-state index in [4.69, 9.17) is 21.1 Å². The molecule has 0 aliphatic heterocycles. The van der Waals surface area contributed by atoms with Crippen LogP contribution in [0.25, 0.3) is 0 Å². The van der Waals surface area contributed by atoms with Crippen LogP contribution >= 0.6 is 11.6 Å². The molecule has 118 valence electrons. The molecule has 5 heteroatoms. The Bertz CT molecular complexity index is 734. The SMILES string of the molecule is COc1cccc(C(=O)NCC#CCOc2ccccc2Cl)c1. The number of halogens is 1. The molecule has 1 amide bonds. The first-order chi connectivity index (χ1) is 11.2. The molecule has 2 rings (SSSR count). The quantitative estimate of drug-likeness (QED) is 0.857. The largest absolute Gasteiger partial charge is 0.497 e. The maximum Gasteiger partial charge on any atom is 0.252 e. The van der Waals surface area contributed by atoms with Crippen molar-refractivity contribution in [3.05, 3.63) is 59.1 Å². The van der Waals surface area contributed by atoms with Gasteiger partial charge in [0.25, 0.3) is 5.91 Å². The number of nitrogens with one attached hydrogen (secondary N) is 1. The molecule has 0 radical (unpaired) electrons. The van der Waals surface area contributed by atoms with E-state index in [0.29, 0.717) is 22.1 Å². The zero-order chi connectivity index (χ0) is 16.5. The van der Waals surface area contributed by atoms with Gasteiger partial charge in [0.1, 0.15) is 18.1 Å². The maximum absolute atomic E-state index is 11.9. The summed E-state index contributed by atoms with van der Waals surface area (Å²) >= 11 is 5.96. The third-order valence-corrected chi connectivity index (χ3v) is 3.24. The van der Waals surface area contributed by atoms with Crippen molar-refractivity contribution in [1.82, 2.24) is 5.32 Å². The van der Waals surface area contributed by atoms with Gasteiger partial charge in [-0.1, -0.05) is 41.6 Å². The molecule has 0 spiro atoms. The van der Waals surface area contributed by atoms with Crippen LogP contribution in [0.3, 0.4) is 0 Å². The molecule has 2 aromatic rings. The van der Waals surface area contributed by atoms with Crippen LogP contribution < -0.4 is 14.8 Å². The topological polar surface area (TPSA) is 47.6 Å². The summed E-state index contributed by atoms with van der Waals surface area (Å²) in [7, 11) is 1.56. The van der Waals surface area contributed by atoms with Gasteiger partial charge < -0.3 is 14.8 Å². The van der Waals surface area contributed by atoms with Crippen molar-refractivity contribution < 1.29 is 14.3 Å². The first-order valence-corrected chi connectivity index (χ1v) is 7.34. The molecule has 1 N–H and O–H groups in total. The minimum Gasteiger partial charge on any atom is -0.497 e. The monoisotopic (exact) mass is 329 g/mol. The number of para-hydroxylation sites is 1. The van der Waals surface area contributed by atoms with E-state index in [-0.39, 0.29) is 19.1 Å². The van der Waals surface area contributed by atoms with Crippen molar-refractivity contribution in [1.29, 1.82) is 0 Å². The Morgan fingerprint density at radius 1 is 1.17 bits per heavy atom. The minimum atomic E-state index is -0.203. The van der Waals surface area contributed by atoms with Crippen molar-refractivity contribution in [2.45, 2.75) is 0 Å². The smallest absolute Gasteiger partial charge is 0.252 e. The van der Waals surface area contributed by atoms with Gasteiger partial charge in [-0.25, -0.2) is 0 Å². The average molecular weight is 330 g/mol. The highest BCUT2D eigenvalue weighted by Gasteiger charge is 2.04. The molecule has 0 aromatic heterocycles. The van der Waals surface area contributed by atoms with Crippen LogP contribution in [-0.2, 0) is 0 Å². The highest BCUT2D eigenvalue weighted by molar-refractivity contribution is 6.32. The van der Waals surface area contributed by atoms with Gasteiger partial charge in [0.05, 0.1) is 18.7 Å². The first kappa shape index (κ1) is 16.7. The lowest BCUT2D eigenvalue weighted by Gasteiger charge is -2.04. The van der Waals surface area contributed by atoms with Gasteiger partial charge in [-0.3, -0.25) is 4.79 Å². The summed E-state index contributed by atoms with van der Waals surface area (Å²) in [5, 5.41) is 3.25.